The molecule has 0 saturated heterocycles. The van der Waals surface area contributed by atoms with Crippen LogP contribution in [0.3, 0.4) is 0 Å². The summed E-state index contributed by atoms with van der Waals surface area (Å²) in [5.74, 6) is -0.425. The second-order valence-corrected chi connectivity index (χ2v) is 3.96. The first-order valence-corrected chi connectivity index (χ1v) is 4.70. The van der Waals surface area contributed by atoms with Crippen LogP contribution in [-0.4, -0.2) is 26.6 Å². The van der Waals surface area contributed by atoms with E-state index in [0.717, 1.165) is 0 Å². The number of sulfone groups is 1. The van der Waals surface area contributed by atoms with Gasteiger partial charge in [-0.3, -0.25) is 4.79 Å². The number of carbonyl (C=O) groups is 1. The van der Waals surface area contributed by atoms with Crippen molar-refractivity contribution in [1.82, 2.24) is 0 Å². The van der Waals surface area contributed by atoms with Gasteiger partial charge in [-0.05, 0) is 6.42 Å². The third-order valence-corrected chi connectivity index (χ3v) is 2.36. The molecule has 0 aliphatic carbocycles. The maximum Gasteiger partial charge on any atom is 0.294 e. The van der Waals surface area contributed by atoms with Crippen molar-refractivity contribution in [2.24, 2.45) is 0 Å². The Bertz CT molecular complexity index is 182. The summed E-state index contributed by atoms with van der Waals surface area (Å²) in [7, 11) is -3.15. The summed E-state index contributed by atoms with van der Waals surface area (Å²) >= 11 is 0. The molecule has 0 aromatic rings. The van der Waals surface area contributed by atoms with Crippen LogP contribution in [0.15, 0.2) is 0 Å². The molecule has 0 fully saturated rings. The largest absolute Gasteiger partial charge is 0.451 e. The number of rotatable bonds is 5. The van der Waals surface area contributed by atoms with Crippen molar-refractivity contribution in [3.05, 3.63) is 0 Å². The van der Waals surface area contributed by atoms with E-state index in [0.29, 0.717) is 6.42 Å². The van der Waals surface area contributed by atoms with Gasteiger partial charge in [-0.1, -0.05) is 6.92 Å². The maximum absolute atomic E-state index is 10.7. The molecule has 0 spiro atoms. The zero-order chi connectivity index (χ0) is 8.04. The van der Waals surface area contributed by atoms with E-state index in [1.807, 2.05) is 0 Å². The fourth-order valence-electron chi connectivity index (χ4n) is 0.501. The van der Waals surface area contributed by atoms with Crippen LogP contribution in [0.4, 0.5) is 0 Å². The number of carbonyl (C=O) groups excluding carboxylic acids is 1. The second-order valence-electron chi connectivity index (χ2n) is 1.83. The predicted molar refractivity (Wildman–Crippen MR) is 36.1 cm³/mol. The SMILES string of the molecule is CCCS(=O)(=O)COC=O. The van der Waals surface area contributed by atoms with Crippen LogP contribution in [0.25, 0.3) is 0 Å². The molecule has 0 aromatic heterocycles. The number of ether oxygens (including phenoxy) is 1. The van der Waals surface area contributed by atoms with E-state index >= 15 is 0 Å². The lowest BCUT2D eigenvalue weighted by Gasteiger charge is -1.98. The molecule has 10 heavy (non-hydrogen) atoms. The smallest absolute Gasteiger partial charge is 0.294 e. The van der Waals surface area contributed by atoms with Crippen molar-refractivity contribution < 1.29 is 17.9 Å². The Hall–Kier alpha value is -0.580. The summed E-state index contributed by atoms with van der Waals surface area (Å²) in [6.45, 7) is 1.88. The summed E-state index contributed by atoms with van der Waals surface area (Å²) < 4.78 is 25.5. The molecule has 0 rings (SSSR count). The Balaban J connectivity index is 3.76. The monoisotopic (exact) mass is 166 g/mol. The minimum atomic E-state index is -3.15. The van der Waals surface area contributed by atoms with Gasteiger partial charge >= 0.3 is 0 Å². The van der Waals surface area contributed by atoms with Gasteiger partial charge in [0.2, 0.25) is 0 Å². The van der Waals surface area contributed by atoms with Crippen molar-refractivity contribution in [2.45, 2.75) is 13.3 Å². The van der Waals surface area contributed by atoms with E-state index < -0.39 is 15.8 Å². The quantitative estimate of drug-likeness (QED) is 0.537. The molecule has 0 aliphatic heterocycles. The molecule has 5 heteroatoms. The molecule has 0 N–H and O–H groups in total. The minimum absolute atomic E-state index is 0.0703. The first kappa shape index (κ1) is 9.42. The summed E-state index contributed by atoms with van der Waals surface area (Å²) in [5.41, 5.74) is 0. The molecule has 0 aliphatic rings. The summed E-state index contributed by atoms with van der Waals surface area (Å²) in [6, 6.07) is 0. The Kier molecular flexibility index (Phi) is 4.02. The fourth-order valence-corrected chi connectivity index (χ4v) is 1.50. The first-order valence-electron chi connectivity index (χ1n) is 2.88. The van der Waals surface area contributed by atoms with Gasteiger partial charge in [0.25, 0.3) is 6.47 Å². The fraction of sp³-hybridized carbons (Fsp3) is 0.800. The number of hydrogen-bond acceptors (Lipinski definition) is 4. The van der Waals surface area contributed by atoms with E-state index in [-0.39, 0.29) is 12.2 Å². The topological polar surface area (TPSA) is 60.4 Å². The van der Waals surface area contributed by atoms with E-state index in [1.165, 1.54) is 0 Å². The Morgan fingerprint density at radius 3 is 2.50 bits per heavy atom. The molecule has 4 nitrogen and oxygen atoms in total. The Morgan fingerprint density at radius 1 is 1.50 bits per heavy atom. The van der Waals surface area contributed by atoms with E-state index in [2.05, 4.69) is 4.74 Å². The lowest BCUT2D eigenvalue weighted by atomic mass is 10.6. The van der Waals surface area contributed by atoms with E-state index in [1.54, 1.807) is 6.92 Å². The average molecular weight is 166 g/mol. The molecule has 0 amide bonds. The van der Waals surface area contributed by atoms with Crippen LogP contribution in [-0.2, 0) is 19.4 Å². The van der Waals surface area contributed by atoms with Gasteiger partial charge in [0.15, 0.2) is 15.8 Å². The molecule has 0 unspecified atom stereocenters. The van der Waals surface area contributed by atoms with Gasteiger partial charge in [0, 0.05) is 0 Å². The third kappa shape index (κ3) is 4.31. The van der Waals surface area contributed by atoms with Gasteiger partial charge in [-0.25, -0.2) is 8.42 Å². The standard InChI is InChI=1S/C5H10O4S/c1-2-3-10(7,8)5-9-4-6/h4H,2-3,5H2,1H3. The predicted octanol–water partition coefficient (Wildman–Crippen LogP) is -0.0583. The van der Waals surface area contributed by atoms with E-state index in [4.69, 9.17) is 0 Å². The Labute approximate surface area is 60.1 Å². The highest BCUT2D eigenvalue weighted by Crippen LogP contribution is 1.92. The van der Waals surface area contributed by atoms with Crippen LogP contribution >= 0.6 is 0 Å². The van der Waals surface area contributed by atoms with Crippen LogP contribution in [0.5, 0.6) is 0 Å². The van der Waals surface area contributed by atoms with Crippen molar-refractivity contribution in [2.75, 3.05) is 11.7 Å². The average Bonchev–Trinajstić information content (AvgIpc) is 1.84. The molecule has 0 saturated carbocycles. The lowest BCUT2D eigenvalue weighted by molar-refractivity contribution is -0.126. The minimum Gasteiger partial charge on any atom is -0.451 e. The summed E-state index contributed by atoms with van der Waals surface area (Å²) in [6.07, 6.45) is 0.546. The Morgan fingerprint density at radius 2 is 2.10 bits per heavy atom. The molecule has 0 radical (unpaired) electrons. The van der Waals surface area contributed by atoms with Crippen LogP contribution < -0.4 is 0 Å². The highest BCUT2D eigenvalue weighted by Gasteiger charge is 2.08. The zero-order valence-electron chi connectivity index (χ0n) is 5.74. The van der Waals surface area contributed by atoms with Crippen LogP contribution in [0, 0.1) is 0 Å². The highest BCUT2D eigenvalue weighted by atomic mass is 32.2. The van der Waals surface area contributed by atoms with Gasteiger partial charge in [-0.15, -0.1) is 0 Å². The second kappa shape index (κ2) is 4.27. The highest BCUT2D eigenvalue weighted by molar-refractivity contribution is 7.91. The van der Waals surface area contributed by atoms with Gasteiger partial charge < -0.3 is 4.74 Å². The molecule has 0 aromatic carbocycles. The maximum atomic E-state index is 10.7. The summed E-state index contributed by atoms with van der Waals surface area (Å²) in [5, 5.41) is 0. The lowest BCUT2D eigenvalue weighted by Crippen LogP contribution is -2.12. The van der Waals surface area contributed by atoms with Crippen molar-refractivity contribution >= 4 is 16.3 Å². The van der Waals surface area contributed by atoms with Gasteiger partial charge in [0.1, 0.15) is 0 Å². The molecular weight excluding hydrogens is 156 g/mol. The molecule has 0 bridgehead atoms. The van der Waals surface area contributed by atoms with Gasteiger partial charge in [-0.2, -0.15) is 0 Å². The zero-order valence-corrected chi connectivity index (χ0v) is 6.56. The van der Waals surface area contributed by atoms with Crippen molar-refractivity contribution in [1.29, 1.82) is 0 Å². The van der Waals surface area contributed by atoms with Crippen molar-refractivity contribution in [3.8, 4) is 0 Å². The summed E-state index contributed by atoms with van der Waals surface area (Å²) in [4.78, 5) is 9.57. The molecule has 0 atom stereocenters. The number of hydrogen-bond donors (Lipinski definition) is 0. The van der Waals surface area contributed by atoms with Crippen molar-refractivity contribution in [3.63, 3.8) is 0 Å². The molecule has 0 heterocycles. The molecule has 60 valence electrons. The normalized spacial score (nSPS) is 10.9. The van der Waals surface area contributed by atoms with Gasteiger partial charge in [0.05, 0.1) is 5.75 Å². The third-order valence-electron chi connectivity index (χ3n) is 0.831. The van der Waals surface area contributed by atoms with Crippen LogP contribution in [0.2, 0.25) is 0 Å². The molecular formula is C5H10O4S. The van der Waals surface area contributed by atoms with Crippen LogP contribution in [0.1, 0.15) is 13.3 Å². The van der Waals surface area contributed by atoms with E-state index in [9.17, 15) is 13.2 Å². The first-order chi connectivity index (χ1) is 4.62.